The van der Waals surface area contributed by atoms with Gasteiger partial charge in [0, 0.05) is 19.7 Å². The molecule has 0 rings (SSSR count). The molecule has 0 bridgehead atoms. The largest absolute Gasteiger partial charge is 0.395 e. The van der Waals surface area contributed by atoms with Gasteiger partial charge in [0.2, 0.25) is 0 Å². The lowest BCUT2D eigenvalue weighted by molar-refractivity contribution is -0.0718. The van der Waals surface area contributed by atoms with Gasteiger partial charge in [-0.15, -0.1) is 0 Å². The van der Waals surface area contributed by atoms with E-state index in [-0.39, 0.29) is 19.4 Å². The van der Waals surface area contributed by atoms with Gasteiger partial charge < -0.3 is 14.9 Å². The Labute approximate surface area is 182 Å². The van der Waals surface area contributed by atoms with Gasteiger partial charge in [-0.1, -0.05) is 110 Å². The minimum atomic E-state index is 0.0191. The Kier molecular flexibility index (Phi) is 24.0. The van der Waals surface area contributed by atoms with E-state index in [0.717, 1.165) is 19.4 Å². The standard InChI is InChI=1S/C25H53NO3/c1-3-5-6-7-8-9-10-11-12-13-14-15-16-17-18-19-24-29-25(4-2)26(20-22-27)21-23-28/h25,27-28H,3-24H2,1-2H3. The summed E-state index contributed by atoms with van der Waals surface area (Å²) in [5.74, 6) is 0. The van der Waals surface area contributed by atoms with Crippen molar-refractivity contribution in [3.05, 3.63) is 0 Å². The Bertz CT molecular complexity index is 296. The van der Waals surface area contributed by atoms with Crippen molar-refractivity contribution in [2.24, 2.45) is 0 Å². The van der Waals surface area contributed by atoms with Gasteiger partial charge >= 0.3 is 0 Å². The van der Waals surface area contributed by atoms with Crippen molar-refractivity contribution in [3.63, 3.8) is 0 Å². The van der Waals surface area contributed by atoms with Gasteiger partial charge in [0.25, 0.3) is 0 Å². The first-order valence-electron chi connectivity index (χ1n) is 12.9. The molecule has 0 aliphatic rings. The van der Waals surface area contributed by atoms with Crippen molar-refractivity contribution in [1.82, 2.24) is 4.90 Å². The van der Waals surface area contributed by atoms with E-state index in [9.17, 15) is 0 Å². The van der Waals surface area contributed by atoms with Crippen LogP contribution in [0.1, 0.15) is 123 Å². The van der Waals surface area contributed by atoms with E-state index in [1.165, 1.54) is 96.3 Å². The van der Waals surface area contributed by atoms with Crippen LogP contribution in [0.3, 0.4) is 0 Å². The molecule has 0 spiro atoms. The molecule has 0 radical (unpaired) electrons. The molecule has 0 fully saturated rings. The number of aliphatic hydroxyl groups is 2. The highest BCUT2D eigenvalue weighted by molar-refractivity contribution is 4.62. The molecule has 2 N–H and O–H groups in total. The summed E-state index contributed by atoms with van der Waals surface area (Å²) in [5.41, 5.74) is 0. The number of nitrogens with zero attached hydrogens (tertiary/aromatic N) is 1. The fourth-order valence-corrected chi connectivity index (χ4v) is 4.01. The molecular weight excluding hydrogens is 362 g/mol. The molecule has 1 atom stereocenters. The Morgan fingerprint density at radius 2 is 0.966 bits per heavy atom. The second-order valence-corrected chi connectivity index (χ2v) is 8.52. The van der Waals surface area contributed by atoms with E-state index < -0.39 is 0 Å². The van der Waals surface area contributed by atoms with Gasteiger partial charge in [-0.3, -0.25) is 4.90 Å². The fraction of sp³-hybridized carbons (Fsp3) is 1.00. The Hall–Kier alpha value is -0.160. The number of ether oxygens (including phenoxy) is 1. The molecular formula is C25H53NO3. The summed E-state index contributed by atoms with van der Waals surface area (Å²) in [6.45, 7) is 6.52. The SMILES string of the molecule is CCCCCCCCCCCCCCCCCCOC(CC)N(CCO)CCO. The fourth-order valence-electron chi connectivity index (χ4n) is 4.01. The molecule has 1 unspecified atom stereocenters. The highest BCUT2D eigenvalue weighted by Crippen LogP contribution is 2.14. The smallest absolute Gasteiger partial charge is 0.110 e. The molecule has 0 aromatic carbocycles. The van der Waals surface area contributed by atoms with Crippen LogP contribution in [0, 0.1) is 0 Å². The van der Waals surface area contributed by atoms with E-state index in [4.69, 9.17) is 14.9 Å². The zero-order valence-electron chi connectivity index (χ0n) is 19.9. The third-order valence-electron chi connectivity index (χ3n) is 5.84. The van der Waals surface area contributed by atoms with Crippen LogP contribution in [0.15, 0.2) is 0 Å². The molecule has 29 heavy (non-hydrogen) atoms. The van der Waals surface area contributed by atoms with Gasteiger partial charge in [0.15, 0.2) is 0 Å². The van der Waals surface area contributed by atoms with Crippen molar-refractivity contribution < 1.29 is 14.9 Å². The molecule has 0 aliphatic carbocycles. The Balaban J connectivity index is 3.36. The average molecular weight is 416 g/mol. The van der Waals surface area contributed by atoms with Crippen molar-refractivity contribution in [3.8, 4) is 0 Å². The first-order chi connectivity index (χ1) is 14.3. The van der Waals surface area contributed by atoms with Crippen LogP contribution < -0.4 is 0 Å². The molecule has 0 saturated heterocycles. The van der Waals surface area contributed by atoms with Crippen molar-refractivity contribution >= 4 is 0 Å². The first-order valence-corrected chi connectivity index (χ1v) is 12.9. The van der Waals surface area contributed by atoms with E-state index >= 15 is 0 Å². The number of hydrogen-bond acceptors (Lipinski definition) is 4. The molecule has 4 heteroatoms. The lowest BCUT2D eigenvalue weighted by atomic mass is 10.0. The third kappa shape index (κ3) is 19.5. The maximum atomic E-state index is 9.15. The summed E-state index contributed by atoms with van der Waals surface area (Å²) >= 11 is 0. The predicted octanol–water partition coefficient (Wildman–Crippen LogP) is 6.29. The van der Waals surface area contributed by atoms with Crippen LogP contribution in [0.25, 0.3) is 0 Å². The normalized spacial score (nSPS) is 12.7. The summed E-state index contributed by atoms with van der Waals surface area (Å²) in [5, 5.41) is 18.3. The first kappa shape index (κ1) is 28.8. The Morgan fingerprint density at radius 1 is 0.586 bits per heavy atom. The quantitative estimate of drug-likeness (QED) is 0.144. The van der Waals surface area contributed by atoms with Gasteiger partial charge in [-0.2, -0.15) is 0 Å². The minimum Gasteiger partial charge on any atom is -0.395 e. The lowest BCUT2D eigenvalue weighted by Crippen LogP contribution is -2.40. The molecule has 0 amide bonds. The maximum Gasteiger partial charge on any atom is 0.110 e. The van der Waals surface area contributed by atoms with E-state index in [1.54, 1.807) is 0 Å². The zero-order chi connectivity index (χ0) is 21.4. The summed E-state index contributed by atoms with van der Waals surface area (Å²) in [4.78, 5) is 2.03. The highest BCUT2D eigenvalue weighted by atomic mass is 16.5. The number of unbranched alkanes of at least 4 members (excludes halogenated alkanes) is 15. The van der Waals surface area contributed by atoms with Crippen LogP contribution in [0.4, 0.5) is 0 Å². The maximum absolute atomic E-state index is 9.15. The van der Waals surface area contributed by atoms with Crippen molar-refractivity contribution in [2.75, 3.05) is 32.9 Å². The summed E-state index contributed by atoms with van der Waals surface area (Å²) in [6, 6.07) is 0. The molecule has 0 aliphatic heterocycles. The van der Waals surface area contributed by atoms with Crippen LogP contribution in [-0.4, -0.2) is 54.3 Å². The number of rotatable bonds is 24. The van der Waals surface area contributed by atoms with Gasteiger partial charge in [-0.25, -0.2) is 0 Å². The molecule has 0 heterocycles. The van der Waals surface area contributed by atoms with E-state index in [2.05, 4.69) is 13.8 Å². The molecule has 4 nitrogen and oxygen atoms in total. The lowest BCUT2D eigenvalue weighted by Gasteiger charge is -2.29. The number of aliphatic hydroxyl groups excluding tert-OH is 2. The third-order valence-corrected chi connectivity index (χ3v) is 5.84. The van der Waals surface area contributed by atoms with Gasteiger partial charge in [-0.05, 0) is 12.8 Å². The molecule has 176 valence electrons. The molecule has 0 saturated carbocycles. The van der Waals surface area contributed by atoms with Crippen molar-refractivity contribution in [1.29, 1.82) is 0 Å². The minimum absolute atomic E-state index is 0.0191. The van der Waals surface area contributed by atoms with Gasteiger partial charge in [0.1, 0.15) is 6.23 Å². The van der Waals surface area contributed by atoms with E-state index in [0.29, 0.717) is 13.1 Å². The number of hydrogen-bond donors (Lipinski definition) is 2. The zero-order valence-corrected chi connectivity index (χ0v) is 19.9. The summed E-state index contributed by atoms with van der Waals surface area (Å²) in [7, 11) is 0. The average Bonchev–Trinajstić information content (AvgIpc) is 2.73. The van der Waals surface area contributed by atoms with Crippen LogP contribution in [0.2, 0.25) is 0 Å². The monoisotopic (exact) mass is 415 g/mol. The van der Waals surface area contributed by atoms with Crippen LogP contribution in [0.5, 0.6) is 0 Å². The van der Waals surface area contributed by atoms with Crippen LogP contribution >= 0.6 is 0 Å². The predicted molar refractivity (Wildman–Crippen MR) is 125 cm³/mol. The topological polar surface area (TPSA) is 52.9 Å². The highest BCUT2D eigenvalue weighted by Gasteiger charge is 2.15. The van der Waals surface area contributed by atoms with Crippen molar-refractivity contribution in [2.45, 2.75) is 129 Å². The molecule has 0 aromatic heterocycles. The van der Waals surface area contributed by atoms with Gasteiger partial charge in [0.05, 0.1) is 13.2 Å². The summed E-state index contributed by atoms with van der Waals surface area (Å²) < 4.78 is 5.98. The Morgan fingerprint density at radius 3 is 1.31 bits per heavy atom. The van der Waals surface area contributed by atoms with E-state index in [1.807, 2.05) is 4.90 Å². The van der Waals surface area contributed by atoms with Crippen LogP contribution in [-0.2, 0) is 4.74 Å². The second kappa shape index (κ2) is 24.1. The second-order valence-electron chi connectivity index (χ2n) is 8.52. The summed E-state index contributed by atoms with van der Waals surface area (Å²) in [6.07, 6.45) is 23.0. The molecule has 0 aromatic rings.